The molecule has 2 aromatic heterocycles. The van der Waals surface area contributed by atoms with Gasteiger partial charge in [-0.3, -0.25) is 14.9 Å². The topological polar surface area (TPSA) is 88.9 Å². The number of nitro benzene ring substituents is 1. The lowest BCUT2D eigenvalue weighted by Gasteiger charge is -2.19. The van der Waals surface area contributed by atoms with Crippen LogP contribution in [0, 0.1) is 17.0 Å². The number of thiophene rings is 1. The predicted octanol–water partition coefficient (Wildman–Crippen LogP) is 5.76. The molecule has 7 heteroatoms. The third-order valence-corrected chi connectivity index (χ3v) is 6.34. The number of non-ortho nitro benzene ring substituents is 1. The third-order valence-electron chi connectivity index (χ3n) is 5.35. The molecule has 0 aliphatic heterocycles. The lowest BCUT2D eigenvalue weighted by atomic mass is 9.86. The van der Waals surface area contributed by atoms with E-state index in [1.807, 2.05) is 6.92 Å². The summed E-state index contributed by atoms with van der Waals surface area (Å²) in [6.07, 6.45) is 0.399. The van der Waals surface area contributed by atoms with E-state index >= 15 is 0 Å². The maximum atomic E-state index is 13.0. The lowest BCUT2D eigenvalue weighted by Crippen LogP contribution is -2.12. The summed E-state index contributed by atoms with van der Waals surface area (Å²) in [6.45, 7) is 8.53. The largest absolute Gasteiger partial charge is 0.310 e. The fraction of sp³-hybridized carbons (Fsp3) is 0.250. The molecule has 0 fully saturated rings. The van der Waals surface area contributed by atoms with Gasteiger partial charge in [0.15, 0.2) is 0 Å². The molecule has 4 aromatic rings. The Labute approximate surface area is 183 Å². The van der Waals surface area contributed by atoms with Crippen molar-refractivity contribution in [2.45, 2.75) is 39.5 Å². The second-order valence-corrected chi connectivity index (χ2v) is 9.86. The van der Waals surface area contributed by atoms with Crippen molar-refractivity contribution >= 4 is 27.2 Å². The Hall–Kier alpha value is -3.32. The Morgan fingerprint density at radius 2 is 1.71 bits per heavy atom. The summed E-state index contributed by atoms with van der Waals surface area (Å²) in [5, 5.41) is 11.4. The van der Waals surface area contributed by atoms with Gasteiger partial charge in [0.05, 0.1) is 10.3 Å². The molecule has 0 radical (unpaired) electrons. The fourth-order valence-electron chi connectivity index (χ4n) is 3.66. The van der Waals surface area contributed by atoms with Crippen LogP contribution in [0.15, 0.2) is 53.3 Å². The molecule has 1 N–H and O–H groups in total. The van der Waals surface area contributed by atoms with E-state index < -0.39 is 4.92 Å². The van der Waals surface area contributed by atoms with Gasteiger partial charge < -0.3 is 4.98 Å². The van der Waals surface area contributed by atoms with E-state index in [4.69, 9.17) is 0 Å². The van der Waals surface area contributed by atoms with E-state index in [2.05, 4.69) is 55.0 Å². The van der Waals surface area contributed by atoms with Crippen LogP contribution in [0.4, 0.5) is 5.69 Å². The van der Waals surface area contributed by atoms with Gasteiger partial charge in [0, 0.05) is 29.0 Å². The summed E-state index contributed by atoms with van der Waals surface area (Å²) in [5.74, 6) is 0.544. The number of hydrogen-bond acceptors (Lipinski definition) is 5. The van der Waals surface area contributed by atoms with Gasteiger partial charge in [-0.15, -0.1) is 11.3 Å². The second-order valence-electron chi connectivity index (χ2n) is 8.65. The van der Waals surface area contributed by atoms with E-state index in [0.29, 0.717) is 22.5 Å². The quantitative estimate of drug-likeness (QED) is 0.327. The molecular weight excluding hydrogens is 410 g/mol. The molecule has 0 saturated carbocycles. The molecule has 158 valence electrons. The Balaban J connectivity index is 1.71. The van der Waals surface area contributed by atoms with E-state index in [1.165, 1.54) is 29.0 Å². The maximum Gasteiger partial charge on any atom is 0.269 e. The van der Waals surface area contributed by atoms with Crippen molar-refractivity contribution in [1.82, 2.24) is 9.97 Å². The first kappa shape index (κ1) is 20.9. The fourth-order valence-corrected chi connectivity index (χ4v) is 4.73. The van der Waals surface area contributed by atoms with Crippen molar-refractivity contribution in [1.29, 1.82) is 0 Å². The zero-order chi connectivity index (χ0) is 22.3. The molecule has 2 heterocycles. The van der Waals surface area contributed by atoms with Gasteiger partial charge in [0.1, 0.15) is 10.7 Å². The summed E-state index contributed by atoms with van der Waals surface area (Å²) in [6, 6.07) is 14.7. The molecule has 0 amide bonds. The highest BCUT2D eigenvalue weighted by Crippen LogP contribution is 2.36. The first-order valence-electron chi connectivity index (χ1n) is 10.00. The average Bonchev–Trinajstić information content (AvgIpc) is 3.04. The van der Waals surface area contributed by atoms with Crippen molar-refractivity contribution in [2.24, 2.45) is 0 Å². The van der Waals surface area contributed by atoms with Crippen LogP contribution in [0.25, 0.3) is 21.3 Å². The summed E-state index contributed by atoms with van der Waals surface area (Å²) >= 11 is 1.51. The van der Waals surface area contributed by atoms with Crippen LogP contribution in [0.3, 0.4) is 0 Å². The molecule has 0 aliphatic rings. The molecule has 6 nitrogen and oxygen atoms in total. The highest BCUT2D eigenvalue weighted by atomic mass is 32.1. The summed E-state index contributed by atoms with van der Waals surface area (Å²) in [5.41, 5.74) is 3.96. The van der Waals surface area contributed by atoms with Crippen molar-refractivity contribution in [3.05, 3.63) is 90.8 Å². The van der Waals surface area contributed by atoms with Crippen LogP contribution < -0.4 is 5.56 Å². The number of H-pyrrole nitrogens is 1. The minimum Gasteiger partial charge on any atom is -0.310 e. The number of aromatic nitrogens is 2. The van der Waals surface area contributed by atoms with Crippen LogP contribution >= 0.6 is 11.3 Å². The number of hydrogen-bond donors (Lipinski definition) is 1. The minimum absolute atomic E-state index is 0.0386. The van der Waals surface area contributed by atoms with Crippen LogP contribution in [-0.4, -0.2) is 14.9 Å². The van der Waals surface area contributed by atoms with Crippen molar-refractivity contribution in [2.75, 3.05) is 0 Å². The zero-order valence-corrected chi connectivity index (χ0v) is 18.7. The van der Waals surface area contributed by atoms with E-state index in [9.17, 15) is 14.9 Å². The Morgan fingerprint density at radius 3 is 2.29 bits per heavy atom. The molecule has 0 bridgehead atoms. The summed E-state index contributed by atoms with van der Waals surface area (Å²) < 4.78 is 0. The van der Waals surface area contributed by atoms with Gasteiger partial charge >= 0.3 is 0 Å². The number of fused-ring (bicyclic) bond motifs is 1. The van der Waals surface area contributed by atoms with Crippen molar-refractivity contribution in [3.8, 4) is 11.1 Å². The standard InChI is InChI=1S/C24H23N3O3S/c1-14-20(16-7-9-17(10-8-16)24(2,3)4)21-22(28)25-19(26-23(21)31-14)13-15-5-11-18(12-6-15)27(29)30/h5-12H,13H2,1-4H3,(H,25,26,28). The smallest absolute Gasteiger partial charge is 0.269 e. The first-order valence-corrected chi connectivity index (χ1v) is 10.8. The van der Waals surface area contributed by atoms with Crippen LogP contribution in [0.1, 0.15) is 42.6 Å². The Bertz CT molecular complexity index is 1330. The van der Waals surface area contributed by atoms with Gasteiger partial charge in [-0.25, -0.2) is 4.98 Å². The Kier molecular flexibility index (Phi) is 5.23. The monoisotopic (exact) mass is 433 g/mol. The molecule has 2 aromatic carbocycles. The van der Waals surface area contributed by atoms with Crippen molar-refractivity contribution < 1.29 is 4.92 Å². The highest BCUT2D eigenvalue weighted by molar-refractivity contribution is 7.19. The van der Waals surface area contributed by atoms with Gasteiger partial charge in [0.25, 0.3) is 11.2 Å². The number of nitrogens with one attached hydrogen (secondary N) is 1. The van der Waals surface area contributed by atoms with Gasteiger partial charge in [-0.1, -0.05) is 57.2 Å². The summed E-state index contributed by atoms with van der Waals surface area (Å²) in [4.78, 5) is 32.7. The number of aromatic amines is 1. The summed E-state index contributed by atoms with van der Waals surface area (Å²) in [7, 11) is 0. The van der Waals surface area contributed by atoms with Crippen LogP contribution in [0.2, 0.25) is 0 Å². The molecule has 0 aliphatic carbocycles. The van der Waals surface area contributed by atoms with Crippen LogP contribution in [0.5, 0.6) is 0 Å². The first-order chi connectivity index (χ1) is 14.6. The Morgan fingerprint density at radius 1 is 1.06 bits per heavy atom. The van der Waals surface area contributed by atoms with Gasteiger partial charge in [-0.05, 0) is 29.0 Å². The molecule has 31 heavy (non-hydrogen) atoms. The van der Waals surface area contributed by atoms with E-state index in [1.54, 1.807) is 12.1 Å². The third kappa shape index (κ3) is 4.14. The number of nitro groups is 1. The molecule has 0 atom stereocenters. The second kappa shape index (κ2) is 7.74. The SMILES string of the molecule is Cc1sc2nc(Cc3ccc([N+](=O)[O-])cc3)[nH]c(=O)c2c1-c1ccc(C(C)(C)C)cc1. The normalized spacial score (nSPS) is 11.7. The highest BCUT2D eigenvalue weighted by Gasteiger charge is 2.18. The maximum absolute atomic E-state index is 13.0. The van der Waals surface area contributed by atoms with Gasteiger partial charge in [-0.2, -0.15) is 0 Å². The van der Waals surface area contributed by atoms with Crippen LogP contribution in [-0.2, 0) is 11.8 Å². The molecule has 0 spiro atoms. The molecule has 0 saturated heterocycles. The predicted molar refractivity (Wildman–Crippen MR) is 125 cm³/mol. The van der Waals surface area contributed by atoms with Gasteiger partial charge in [0.2, 0.25) is 0 Å². The number of aryl methyl sites for hydroxylation is 1. The average molecular weight is 434 g/mol. The number of rotatable bonds is 4. The minimum atomic E-state index is -0.431. The lowest BCUT2D eigenvalue weighted by molar-refractivity contribution is -0.384. The zero-order valence-electron chi connectivity index (χ0n) is 17.9. The molecule has 4 rings (SSSR count). The van der Waals surface area contributed by atoms with E-state index in [0.717, 1.165) is 21.6 Å². The van der Waals surface area contributed by atoms with Crippen molar-refractivity contribution in [3.63, 3.8) is 0 Å². The molecular formula is C24H23N3O3S. The molecule has 0 unspecified atom stereocenters. The van der Waals surface area contributed by atoms with E-state index in [-0.39, 0.29) is 16.7 Å². The number of benzene rings is 2. The number of nitrogens with zero attached hydrogens (tertiary/aromatic N) is 2.